The Morgan fingerprint density at radius 3 is 2.35 bits per heavy atom. The van der Waals surface area contributed by atoms with E-state index in [0.29, 0.717) is 10.7 Å². The third-order valence-electron chi connectivity index (χ3n) is 5.10. The lowest BCUT2D eigenvalue weighted by atomic mass is 10.1. The molecule has 0 saturated carbocycles. The molecule has 0 saturated heterocycles. The van der Waals surface area contributed by atoms with Gasteiger partial charge in [-0.1, -0.05) is 53.0 Å². The Balaban J connectivity index is 1.87. The van der Waals surface area contributed by atoms with E-state index in [1.165, 1.54) is 23.1 Å². The highest BCUT2D eigenvalue weighted by Crippen LogP contribution is 2.29. The monoisotopic (exact) mass is 538 g/mol. The van der Waals surface area contributed by atoms with E-state index in [1.54, 1.807) is 54.2 Å². The van der Waals surface area contributed by atoms with Crippen molar-refractivity contribution in [2.24, 2.45) is 0 Å². The molecule has 11 heteroatoms. The molecule has 0 aliphatic heterocycles. The second kappa shape index (κ2) is 11.3. The van der Waals surface area contributed by atoms with Gasteiger partial charge in [-0.25, -0.2) is 8.42 Å². The van der Waals surface area contributed by atoms with Gasteiger partial charge in [-0.15, -0.1) is 0 Å². The van der Waals surface area contributed by atoms with Crippen molar-refractivity contribution in [2.75, 3.05) is 7.05 Å². The van der Waals surface area contributed by atoms with Gasteiger partial charge in [-0.05, 0) is 48.4 Å². The van der Waals surface area contributed by atoms with Crippen LogP contribution < -0.4 is 4.72 Å². The van der Waals surface area contributed by atoms with E-state index in [4.69, 9.17) is 34.8 Å². The predicted molar refractivity (Wildman–Crippen MR) is 132 cm³/mol. The fourth-order valence-corrected chi connectivity index (χ4v) is 5.90. The van der Waals surface area contributed by atoms with Crippen LogP contribution in [0, 0.1) is 11.3 Å². The van der Waals surface area contributed by atoms with Crippen LogP contribution in [0.25, 0.3) is 0 Å². The number of likely N-dealkylation sites (N-methyl/N-ethyl adjacent to an activating group) is 1. The lowest BCUT2D eigenvalue weighted by molar-refractivity contribution is -0.132. The van der Waals surface area contributed by atoms with Gasteiger partial charge < -0.3 is 9.47 Å². The largest absolute Gasteiger partial charge is 0.340 e. The summed E-state index contributed by atoms with van der Waals surface area (Å²) in [4.78, 5) is 14.5. The van der Waals surface area contributed by atoms with Crippen LogP contribution in [0.1, 0.15) is 17.7 Å². The molecule has 1 unspecified atom stereocenters. The number of aryl methyl sites for hydroxylation is 1. The minimum Gasteiger partial charge on any atom is -0.340 e. The third-order valence-corrected chi connectivity index (χ3v) is 7.77. The molecule has 1 N–H and O–H groups in total. The molecule has 1 atom stereocenters. The highest BCUT2D eigenvalue weighted by molar-refractivity contribution is 7.89. The molecule has 0 aliphatic rings. The summed E-state index contributed by atoms with van der Waals surface area (Å²) in [6, 6.07) is 15.6. The Morgan fingerprint density at radius 1 is 1.09 bits per heavy atom. The smallest absolute Gasteiger partial charge is 0.244 e. The fourth-order valence-electron chi connectivity index (χ4n) is 3.40. The van der Waals surface area contributed by atoms with Crippen molar-refractivity contribution in [3.05, 3.63) is 87.1 Å². The molecule has 1 heterocycles. The van der Waals surface area contributed by atoms with Crippen molar-refractivity contribution < 1.29 is 13.2 Å². The summed E-state index contributed by atoms with van der Waals surface area (Å²) in [5.41, 5.74) is 1.23. The number of rotatable bonds is 9. The Kier molecular flexibility index (Phi) is 8.63. The van der Waals surface area contributed by atoms with Crippen molar-refractivity contribution >= 4 is 50.7 Å². The number of amides is 1. The van der Waals surface area contributed by atoms with E-state index in [-0.39, 0.29) is 34.5 Å². The molecule has 0 spiro atoms. The van der Waals surface area contributed by atoms with Gasteiger partial charge in [0.1, 0.15) is 22.7 Å². The Bertz CT molecular complexity index is 1300. The zero-order valence-corrected chi connectivity index (χ0v) is 21.2. The van der Waals surface area contributed by atoms with Crippen molar-refractivity contribution in [3.63, 3.8) is 0 Å². The minimum atomic E-state index is -4.24. The number of hydrogen-bond acceptors (Lipinski definition) is 4. The normalized spacial score (nSPS) is 12.2. The van der Waals surface area contributed by atoms with Gasteiger partial charge in [-0.2, -0.15) is 9.98 Å². The van der Waals surface area contributed by atoms with Crippen molar-refractivity contribution in [1.82, 2.24) is 14.2 Å². The molecule has 1 aromatic heterocycles. The van der Waals surface area contributed by atoms with Crippen LogP contribution in [0.2, 0.25) is 15.1 Å². The summed E-state index contributed by atoms with van der Waals surface area (Å²) in [6.07, 6.45) is 1.78. The maximum Gasteiger partial charge on any atom is 0.244 e. The lowest BCUT2D eigenvalue weighted by Gasteiger charge is -2.25. The number of sulfonamides is 1. The van der Waals surface area contributed by atoms with E-state index >= 15 is 0 Å². The average molecular weight is 540 g/mol. The molecule has 0 aliphatic carbocycles. The predicted octanol–water partition coefficient (Wildman–Crippen LogP) is 4.72. The Morgan fingerprint density at radius 2 is 1.74 bits per heavy atom. The summed E-state index contributed by atoms with van der Waals surface area (Å²) in [6.45, 7) is 0.480. The molecule has 34 heavy (non-hydrogen) atoms. The highest BCUT2D eigenvalue weighted by atomic mass is 35.5. The number of aromatic nitrogens is 1. The summed E-state index contributed by atoms with van der Waals surface area (Å²) in [5.74, 6) is -0.452. The Hall–Kier alpha value is -2.54. The first kappa shape index (κ1) is 26.1. The number of halogens is 3. The maximum atomic E-state index is 13.3. The standard InChI is InChI=1S/C23H21Cl3N4O3S/c1-29(15-16-7-9-17(24)10-8-16)23(31)21(11-13-30-12-3-4-18(30)14-27)28-34(32,33)22-19(25)5-2-6-20(22)26/h2-10,12,21,28H,11,13,15H2,1H3. The van der Waals surface area contributed by atoms with E-state index in [1.807, 2.05) is 0 Å². The Labute approximate surface area is 213 Å². The summed E-state index contributed by atoms with van der Waals surface area (Å²) >= 11 is 18.1. The SMILES string of the molecule is CN(Cc1ccc(Cl)cc1)C(=O)C(CCn1cccc1C#N)NS(=O)(=O)c1c(Cl)cccc1Cl. The zero-order valence-electron chi connectivity index (χ0n) is 18.1. The molecule has 0 radical (unpaired) electrons. The van der Waals surface area contributed by atoms with E-state index in [9.17, 15) is 18.5 Å². The molecular weight excluding hydrogens is 519 g/mol. The number of nitriles is 1. The molecule has 3 rings (SSSR count). The van der Waals surface area contributed by atoms with Crippen molar-refractivity contribution in [3.8, 4) is 6.07 Å². The van der Waals surface area contributed by atoms with Crippen LogP contribution in [-0.2, 0) is 27.9 Å². The van der Waals surface area contributed by atoms with Gasteiger partial charge in [-0.3, -0.25) is 4.79 Å². The minimum absolute atomic E-state index is 0.0575. The van der Waals surface area contributed by atoms with Gasteiger partial charge in [0.05, 0.1) is 10.0 Å². The van der Waals surface area contributed by atoms with Gasteiger partial charge >= 0.3 is 0 Å². The van der Waals surface area contributed by atoms with Crippen molar-refractivity contribution in [1.29, 1.82) is 5.26 Å². The second-order valence-corrected chi connectivity index (χ2v) is 10.4. The number of carbonyl (C=O) groups is 1. The highest BCUT2D eigenvalue weighted by Gasteiger charge is 2.30. The number of hydrogen-bond donors (Lipinski definition) is 1. The molecule has 178 valence electrons. The first-order valence-electron chi connectivity index (χ1n) is 10.1. The molecule has 1 amide bonds. The topological polar surface area (TPSA) is 95.2 Å². The first-order valence-corrected chi connectivity index (χ1v) is 12.7. The molecule has 2 aromatic carbocycles. The number of benzene rings is 2. The van der Waals surface area contributed by atoms with Crippen LogP contribution in [-0.4, -0.2) is 36.9 Å². The molecule has 7 nitrogen and oxygen atoms in total. The number of carbonyl (C=O) groups excluding carboxylic acids is 1. The first-order chi connectivity index (χ1) is 16.1. The fraction of sp³-hybridized carbons (Fsp3) is 0.217. The van der Waals surface area contributed by atoms with Gasteiger partial charge in [0, 0.05) is 31.4 Å². The van der Waals surface area contributed by atoms with Crippen LogP contribution in [0.15, 0.2) is 65.7 Å². The van der Waals surface area contributed by atoms with Gasteiger partial charge in [0.15, 0.2) is 0 Å². The summed E-state index contributed by atoms with van der Waals surface area (Å²) < 4.78 is 30.4. The molecule has 3 aromatic rings. The van der Waals surface area contributed by atoms with E-state index in [0.717, 1.165) is 5.56 Å². The second-order valence-electron chi connectivity index (χ2n) is 7.53. The van der Waals surface area contributed by atoms with Gasteiger partial charge in [0.25, 0.3) is 0 Å². The van der Waals surface area contributed by atoms with Crippen LogP contribution in [0.5, 0.6) is 0 Å². The summed E-state index contributed by atoms with van der Waals surface area (Å²) in [5, 5.41) is 9.71. The van der Waals surface area contributed by atoms with Crippen LogP contribution in [0.3, 0.4) is 0 Å². The van der Waals surface area contributed by atoms with E-state index in [2.05, 4.69) is 10.8 Å². The lowest BCUT2D eigenvalue weighted by Crippen LogP contribution is -2.47. The van der Waals surface area contributed by atoms with E-state index < -0.39 is 22.0 Å². The van der Waals surface area contributed by atoms with Crippen LogP contribution in [0.4, 0.5) is 0 Å². The molecule has 0 bridgehead atoms. The third kappa shape index (κ3) is 6.32. The molecule has 0 fully saturated rings. The van der Waals surface area contributed by atoms with Crippen LogP contribution >= 0.6 is 34.8 Å². The average Bonchev–Trinajstić information content (AvgIpc) is 3.25. The van der Waals surface area contributed by atoms with Gasteiger partial charge in [0.2, 0.25) is 15.9 Å². The quantitative estimate of drug-likeness (QED) is 0.426. The number of nitrogens with one attached hydrogen (secondary N) is 1. The van der Waals surface area contributed by atoms with Crippen molar-refractivity contribution in [2.45, 2.75) is 30.4 Å². The maximum absolute atomic E-state index is 13.3. The summed E-state index contributed by atoms with van der Waals surface area (Å²) in [7, 11) is -2.66. The molecular formula is C23H21Cl3N4O3S. The zero-order chi connectivity index (χ0) is 24.9. The number of nitrogens with zero attached hydrogens (tertiary/aromatic N) is 3.